The van der Waals surface area contributed by atoms with Crippen LogP contribution in [0.3, 0.4) is 0 Å². The minimum atomic E-state index is -6.37. The van der Waals surface area contributed by atoms with Gasteiger partial charge in [-0.05, 0) is 48.9 Å². The fraction of sp³-hybridized carbons (Fsp3) is 0.160. The van der Waals surface area contributed by atoms with Crippen molar-refractivity contribution in [1.82, 2.24) is 0 Å². The third-order valence-corrected chi connectivity index (χ3v) is 7.91. The maximum Gasteiger partial charge on any atom is 0.402 e. The van der Waals surface area contributed by atoms with E-state index in [0.29, 0.717) is 6.92 Å². The second-order valence-electron chi connectivity index (χ2n) is 7.44. The van der Waals surface area contributed by atoms with Crippen LogP contribution in [0.2, 0.25) is 0 Å². The number of rotatable bonds is 7. The predicted molar refractivity (Wildman–Crippen MR) is 126 cm³/mol. The van der Waals surface area contributed by atoms with Gasteiger partial charge in [0.1, 0.15) is 0 Å². The van der Waals surface area contributed by atoms with Gasteiger partial charge in [-0.2, -0.15) is 30.4 Å². The summed E-state index contributed by atoms with van der Waals surface area (Å²) in [4.78, 5) is 14.2. The number of allylic oxidation sites excluding steroid dienone is 1. The van der Waals surface area contributed by atoms with Gasteiger partial charge in [-0.25, -0.2) is 0 Å². The van der Waals surface area contributed by atoms with Crippen LogP contribution in [-0.2, 0) is 25.8 Å². The Morgan fingerprint density at radius 3 is 1.38 bits per heavy atom. The smallest absolute Gasteiger partial charge is 0.402 e. The van der Waals surface area contributed by atoms with E-state index in [-0.39, 0.29) is 10.9 Å². The predicted octanol–water partition coefficient (Wildman–Crippen LogP) is 5.12. The van der Waals surface area contributed by atoms with Crippen molar-refractivity contribution >= 4 is 27.0 Å². The number of aliphatic carboxylic acids is 1. The highest BCUT2D eigenvalue weighted by molar-refractivity contribution is 7.97. The summed E-state index contributed by atoms with van der Waals surface area (Å²) in [6, 6.07) is 32.2. The second kappa shape index (κ2) is 12.3. The molecule has 0 fully saturated rings. The van der Waals surface area contributed by atoms with Gasteiger partial charge in [0.05, 0.1) is 16.9 Å². The van der Waals surface area contributed by atoms with Crippen LogP contribution in [0.1, 0.15) is 6.92 Å². The number of carbonyl (C=O) groups excluding carboxylic acids is 1. The van der Waals surface area contributed by atoms with Crippen molar-refractivity contribution in [2.75, 3.05) is 0 Å². The molecule has 12 heteroatoms. The zero-order valence-electron chi connectivity index (χ0n) is 19.1. The molecule has 0 heterocycles. The number of carboxylic acid groups (broad SMARTS) is 1. The molecule has 1 N–H and O–H groups in total. The van der Waals surface area contributed by atoms with E-state index in [1.165, 1.54) is 14.7 Å². The Hall–Kier alpha value is -3.22. The van der Waals surface area contributed by atoms with Crippen LogP contribution in [0.15, 0.2) is 117 Å². The number of alkyl halides is 5. The molecule has 37 heavy (non-hydrogen) atoms. The summed E-state index contributed by atoms with van der Waals surface area (Å²) in [5.74, 6) is -6.19. The first-order valence-electron chi connectivity index (χ1n) is 10.4. The van der Waals surface area contributed by atoms with Crippen molar-refractivity contribution in [3.8, 4) is 0 Å². The highest BCUT2D eigenvalue weighted by Gasteiger charge is 2.62. The first kappa shape index (κ1) is 30.0. The van der Waals surface area contributed by atoms with Gasteiger partial charge in [0.15, 0.2) is 20.6 Å². The Kier molecular flexibility index (Phi) is 10.0. The Balaban J connectivity index is 0.000000261. The van der Waals surface area contributed by atoms with Crippen LogP contribution < -0.4 is 5.11 Å². The van der Waals surface area contributed by atoms with Gasteiger partial charge in [-0.15, -0.1) is 0 Å². The third-order valence-electron chi connectivity index (χ3n) is 4.73. The first-order valence-corrected chi connectivity index (χ1v) is 13.0. The monoisotopic (exact) mass is 560 g/mol. The Morgan fingerprint density at radius 1 is 0.811 bits per heavy atom. The molecule has 0 spiro atoms. The van der Waals surface area contributed by atoms with Crippen molar-refractivity contribution in [3.63, 3.8) is 0 Å². The van der Waals surface area contributed by atoms with Gasteiger partial charge in [0, 0.05) is 0 Å². The fourth-order valence-corrected chi connectivity index (χ4v) is 5.57. The summed E-state index contributed by atoms with van der Waals surface area (Å²) in [6.07, 6.45) is -6.32. The number of hydrogen-bond acceptors (Lipinski definition) is 4. The Morgan fingerprint density at radius 2 is 1.14 bits per heavy atom. The normalized spacial score (nSPS) is 13.5. The fourth-order valence-electron chi connectivity index (χ4n) is 2.94. The van der Waals surface area contributed by atoms with Crippen LogP contribution in [0.4, 0.5) is 22.0 Å². The number of carbonyl (C=O) groups is 1. The molecule has 5 nitrogen and oxygen atoms in total. The summed E-state index contributed by atoms with van der Waals surface area (Å²) in [5.41, 5.74) is -1.25. The van der Waals surface area contributed by atoms with E-state index in [4.69, 9.17) is 4.55 Å². The molecule has 3 rings (SSSR count). The molecule has 0 saturated heterocycles. The molecule has 0 aliphatic rings. The summed E-state index contributed by atoms with van der Waals surface area (Å²) in [5, 5.41) is 4.53. The van der Waals surface area contributed by atoms with Gasteiger partial charge < -0.3 is 9.90 Å². The van der Waals surface area contributed by atoms with E-state index >= 15 is 0 Å². The molecule has 198 valence electrons. The van der Waals surface area contributed by atoms with Crippen molar-refractivity contribution < 1.29 is 44.8 Å². The summed E-state index contributed by atoms with van der Waals surface area (Å²) in [6.45, 7) is 0.508. The van der Waals surface area contributed by atoms with Crippen LogP contribution in [-0.4, -0.2) is 30.4 Å². The van der Waals surface area contributed by atoms with Crippen LogP contribution >= 0.6 is 0 Å². The van der Waals surface area contributed by atoms with Crippen LogP contribution in [0.5, 0.6) is 0 Å². The van der Waals surface area contributed by atoms with E-state index in [1.54, 1.807) is 0 Å². The maximum absolute atomic E-state index is 12.9. The maximum atomic E-state index is 12.9. The lowest BCUT2D eigenvalue weighted by Crippen LogP contribution is -2.44. The van der Waals surface area contributed by atoms with E-state index in [9.17, 15) is 40.3 Å². The summed E-state index contributed by atoms with van der Waals surface area (Å²) >= 11 is 0. The van der Waals surface area contributed by atoms with Gasteiger partial charge >= 0.3 is 21.5 Å². The highest BCUT2D eigenvalue weighted by atomic mass is 32.2. The molecule has 1 unspecified atom stereocenters. The van der Waals surface area contributed by atoms with Crippen molar-refractivity contribution in [1.29, 1.82) is 0 Å². The Labute approximate surface area is 213 Å². The molecular formula is C25H21F5O5S2. The molecule has 0 radical (unpaired) electrons. The van der Waals surface area contributed by atoms with E-state index in [0.717, 1.165) is 0 Å². The van der Waals surface area contributed by atoms with Crippen molar-refractivity contribution in [2.24, 2.45) is 5.92 Å². The lowest BCUT2D eigenvalue weighted by molar-refractivity contribution is -0.299. The third kappa shape index (κ3) is 8.14. The molecule has 1 atom stereocenters. The molecule has 0 aromatic heterocycles. The number of carboxylic acids is 1. The molecule has 0 amide bonds. The molecule has 0 bridgehead atoms. The largest absolute Gasteiger partial charge is 0.545 e. The minimum absolute atomic E-state index is 0.0146. The molecule has 0 aliphatic heterocycles. The van der Waals surface area contributed by atoms with Crippen molar-refractivity contribution in [2.45, 2.75) is 33.0 Å². The zero-order valence-corrected chi connectivity index (χ0v) is 20.7. The average Bonchev–Trinajstić information content (AvgIpc) is 2.83. The summed E-state index contributed by atoms with van der Waals surface area (Å²) in [7, 11) is -6.38. The SMILES string of the molecule is CC(=CC(C(F)(F)F)C(F)(F)S(=O)(=O)O)C(=O)[O-].c1ccc([S+](c2ccccc2)c2ccccc2)cc1. The molecular weight excluding hydrogens is 539 g/mol. The number of hydrogen-bond donors (Lipinski definition) is 1. The van der Waals surface area contributed by atoms with Gasteiger partial charge in [-0.1, -0.05) is 60.7 Å². The highest BCUT2D eigenvalue weighted by Crippen LogP contribution is 2.42. The van der Waals surface area contributed by atoms with Gasteiger partial charge in [0.25, 0.3) is 0 Å². The lowest BCUT2D eigenvalue weighted by atomic mass is 10.1. The van der Waals surface area contributed by atoms with E-state index < -0.39 is 45.1 Å². The lowest BCUT2D eigenvalue weighted by Gasteiger charge is -2.24. The second-order valence-corrected chi connectivity index (χ2v) is 11.0. The number of benzene rings is 3. The Bertz CT molecular complexity index is 1200. The molecule has 0 saturated carbocycles. The molecule has 3 aromatic carbocycles. The average molecular weight is 561 g/mol. The number of halogens is 5. The topological polar surface area (TPSA) is 94.5 Å². The zero-order chi connectivity index (χ0) is 27.9. The van der Waals surface area contributed by atoms with Crippen LogP contribution in [0.25, 0.3) is 0 Å². The van der Waals surface area contributed by atoms with Gasteiger partial charge in [-0.3, -0.25) is 4.55 Å². The van der Waals surface area contributed by atoms with E-state index in [2.05, 4.69) is 91.0 Å². The molecule has 0 aliphatic carbocycles. The first-order chi connectivity index (χ1) is 17.2. The van der Waals surface area contributed by atoms with Crippen molar-refractivity contribution in [3.05, 3.63) is 103 Å². The minimum Gasteiger partial charge on any atom is -0.545 e. The van der Waals surface area contributed by atoms with Gasteiger partial charge in [0.2, 0.25) is 0 Å². The van der Waals surface area contributed by atoms with E-state index in [1.807, 2.05) is 0 Å². The standard InChI is InChI=1S/C18H15S.C7H7F5O5S/c1-4-10-16(11-5-1)19(17-12-6-2-7-13-17)18-14-8-3-9-15-18;1-3(5(13)14)2-4(6(8,9)10)7(11,12)18(15,16)17/h1-15H;2,4H,1H3,(H,13,14)(H,15,16,17)/q+1;/p-1. The molecule has 3 aromatic rings. The quantitative estimate of drug-likeness (QED) is 0.187. The summed E-state index contributed by atoms with van der Waals surface area (Å²) < 4.78 is 91.0. The van der Waals surface area contributed by atoms with Crippen LogP contribution in [0, 0.1) is 5.92 Å².